The fraction of sp³-hybridized carbons (Fsp3) is 0.294. The Kier molecular flexibility index (Phi) is 10.8. The van der Waals surface area contributed by atoms with Crippen molar-refractivity contribution in [3.8, 4) is 0 Å². The van der Waals surface area contributed by atoms with Crippen LogP contribution in [0.5, 0.6) is 0 Å². The Morgan fingerprint density at radius 2 is 1.74 bits per heavy atom. The number of benzene rings is 3. The van der Waals surface area contributed by atoms with Gasteiger partial charge in [-0.2, -0.15) is 17.5 Å². The van der Waals surface area contributed by atoms with Crippen LogP contribution in [-0.4, -0.2) is 55.2 Å². The molecule has 1 aliphatic rings. The van der Waals surface area contributed by atoms with E-state index in [0.717, 1.165) is 6.07 Å². The molecule has 0 amide bonds. The van der Waals surface area contributed by atoms with Crippen molar-refractivity contribution in [1.29, 1.82) is 0 Å². The van der Waals surface area contributed by atoms with Crippen LogP contribution in [0.2, 0.25) is 5.02 Å². The zero-order valence-corrected chi connectivity index (χ0v) is 26.7. The van der Waals surface area contributed by atoms with Gasteiger partial charge in [0.05, 0.1) is 16.5 Å². The summed E-state index contributed by atoms with van der Waals surface area (Å²) in [4.78, 5) is 17.7. The summed E-state index contributed by atoms with van der Waals surface area (Å²) in [5.41, 5.74) is 6.68. The third-order valence-corrected chi connectivity index (χ3v) is 10.6. The molecule has 13 heteroatoms. The van der Waals surface area contributed by atoms with Crippen molar-refractivity contribution in [2.45, 2.75) is 48.3 Å². The molecule has 0 saturated carbocycles. The number of Topliss-reactive ketones (excluding diaryl/α,β-unsaturated/α-hetero) is 1. The van der Waals surface area contributed by atoms with Crippen molar-refractivity contribution < 1.29 is 30.8 Å². The van der Waals surface area contributed by atoms with Gasteiger partial charge in [-0.1, -0.05) is 54.1 Å². The molecule has 1 fully saturated rings. The van der Waals surface area contributed by atoms with E-state index in [4.69, 9.17) is 17.3 Å². The maximum Gasteiger partial charge on any atom is 0.417 e. The molecule has 7 nitrogen and oxygen atoms in total. The summed E-state index contributed by atoms with van der Waals surface area (Å²) in [6, 6.07) is 17.8. The SMILES string of the molecule is N[C@H](C(=O)Cc1cccc(F)c1CC[C@H]1CNCCN1S(=O)(=O)c1ccccc1)[C@@H](c1ccc(Cl)cc1)c1cncc(C(F)(F)F)c1. The molecule has 0 unspecified atom stereocenters. The molecule has 0 bridgehead atoms. The molecule has 0 radical (unpaired) electrons. The van der Waals surface area contributed by atoms with E-state index in [1.54, 1.807) is 48.5 Å². The molecule has 1 saturated heterocycles. The molecule has 3 N–H and O–H groups in total. The average Bonchev–Trinajstić information content (AvgIpc) is 3.05. The molecule has 47 heavy (non-hydrogen) atoms. The number of rotatable bonds is 11. The van der Waals surface area contributed by atoms with Gasteiger partial charge in [0, 0.05) is 55.4 Å². The minimum absolute atomic E-state index is 0.0898. The molecular formula is C34H33ClF4N4O3S. The number of nitrogens with two attached hydrogens (primary N) is 1. The topological polar surface area (TPSA) is 105 Å². The highest BCUT2D eigenvalue weighted by atomic mass is 35.5. The lowest BCUT2D eigenvalue weighted by molar-refractivity contribution is -0.137. The first-order valence-corrected chi connectivity index (χ1v) is 16.8. The van der Waals surface area contributed by atoms with E-state index in [9.17, 15) is 26.4 Å². The maximum absolute atomic E-state index is 15.3. The van der Waals surface area contributed by atoms with Crippen molar-refractivity contribution in [3.63, 3.8) is 0 Å². The third-order valence-electron chi connectivity index (χ3n) is 8.36. The number of carbonyl (C=O) groups excluding carboxylic acids is 1. The predicted molar refractivity (Wildman–Crippen MR) is 171 cm³/mol. The highest BCUT2D eigenvalue weighted by Crippen LogP contribution is 2.34. The summed E-state index contributed by atoms with van der Waals surface area (Å²) in [5.74, 6) is -2.08. The van der Waals surface area contributed by atoms with E-state index >= 15 is 4.39 Å². The molecule has 2 heterocycles. The smallest absolute Gasteiger partial charge is 0.321 e. The minimum Gasteiger partial charge on any atom is -0.321 e. The number of sulfonamides is 1. The van der Waals surface area contributed by atoms with Crippen LogP contribution in [0.3, 0.4) is 0 Å². The second kappa shape index (κ2) is 14.6. The van der Waals surface area contributed by atoms with Gasteiger partial charge in [0.2, 0.25) is 10.0 Å². The van der Waals surface area contributed by atoms with Gasteiger partial charge >= 0.3 is 6.18 Å². The van der Waals surface area contributed by atoms with Crippen LogP contribution in [0.25, 0.3) is 0 Å². The second-order valence-corrected chi connectivity index (χ2v) is 13.7. The first kappa shape index (κ1) is 34.6. The number of hydrogen-bond donors (Lipinski definition) is 2. The first-order valence-electron chi connectivity index (χ1n) is 15.0. The molecule has 3 atom stereocenters. The van der Waals surface area contributed by atoms with Crippen molar-refractivity contribution in [2.24, 2.45) is 5.73 Å². The van der Waals surface area contributed by atoms with Crippen molar-refractivity contribution >= 4 is 27.4 Å². The minimum atomic E-state index is -4.66. The molecular weight excluding hydrogens is 656 g/mol. The normalized spacial score (nSPS) is 17.3. The zero-order valence-electron chi connectivity index (χ0n) is 25.1. The van der Waals surface area contributed by atoms with Crippen LogP contribution in [0.15, 0.2) is 96.2 Å². The Bertz CT molecular complexity index is 1810. The van der Waals surface area contributed by atoms with Crippen molar-refractivity contribution in [1.82, 2.24) is 14.6 Å². The predicted octanol–water partition coefficient (Wildman–Crippen LogP) is 5.76. The van der Waals surface area contributed by atoms with Crippen LogP contribution < -0.4 is 11.1 Å². The van der Waals surface area contributed by atoms with Crippen LogP contribution in [0.1, 0.15) is 40.2 Å². The van der Waals surface area contributed by atoms with Crippen LogP contribution in [0.4, 0.5) is 17.6 Å². The number of hydrogen-bond acceptors (Lipinski definition) is 6. The van der Waals surface area contributed by atoms with Crippen LogP contribution in [-0.2, 0) is 33.8 Å². The van der Waals surface area contributed by atoms with E-state index in [1.807, 2.05) is 0 Å². The van der Waals surface area contributed by atoms with Gasteiger partial charge < -0.3 is 11.1 Å². The van der Waals surface area contributed by atoms with Crippen molar-refractivity contribution in [2.75, 3.05) is 19.6 Å². The Hall–Kier alpha value is -3.68. The van der Waals surface area contributed by atoms with Gasteiger partial charge in [0.1, 0.15) is 5.82 Å². The highest BCUT2D eigenvalue weighted by molar-refractivity contribution is 7.89. The highest BCUT2D eigenvalue weighted by Gasteiger charge is 2.35. The summed E-state index contributed by atoms with van der Waals surface area (Å²) in [6.45, 7) is 1.08. The number of alkyl halides is 3. The lowest BCUT2D eigenvalue weighted by atomic mass is 9.82. The number of piperazine rings is 1. The largest absolute Gasteiger partial charge is 0.417 e. The monoisotopic (exact) mass is 688 g/mol. The number of halogens is 5. The van der Waals surface area contributed by atoms with E-state index in [0.29, 0.717) is 35.4 Å². The number of pyridine rings is 1. The van der Waals surface area contributed by atoms with Crippen LogP contribution in [0, 0.1) is 5.82 Å². The quantitative estimate of drug-likeness (QED) is 0.194. The molecule has 3 aromatic carbocycles. The molecule has 248 valence electrons. The second-order valence-electron chi connectivity index (χ2n) is 11.4. The third kappa shape index (κ3) is 8.07. The number of nitrogens with zero attached hydrogens (tertiary/aromatic N) is 2. The van der Waals surface area contributed by atoms with Gasteiger partial charge in [0.15, 0.2) is 5.78 Å². The fourth-order valence-electron chi connectivity index (χ4n) is 5.94. The Morgan fingerprint density at radius 3 is 2.45 bits per heavy atom. The Labute approximate surface area is 275 Å². The molecule has 0 aliphatic carbocycles. The summed E-state index contributed by atoms with van der Waals surface area (Å²) >= 11 is 6.04. The fourth-order valence-corrected chi connectivity index (χ4v) is 7.75. The van der Waals surface area contributed by atoms with Crippen LogP contribution >= 0.6 is 11.6 Å². The molecule has 1 aliphatic heterocycles. The first-order chi connectivity index (χ1) is 22.4. The lowest BCUT2D eigenvalue weighted by Gasteiger charge is -2.35. The maximum atomic E-state index is 15.3. The number of nitrogens with one attached hydrogen (secondary N) is 1. The van der Waals surface area contributed by atoms with Gasteiger partial charge in [-0.05, 0) is 71.5 Å². The molecule has 0 spiro atoms. The zero-order chi connectivity index (χ0) is 33.8. The summed E-state index contributed by atoms with van der Waals surface area (Å²) in [7, 11) is -3.80. The van der Waals surface area contributed by atoms with Gasteiger partial charge in [-0.25, -0.2) is 12.8 Å². The van der Waals surface area contributed by atoms with Gasteiger partial charge in [0.25, 0.3) is 0 Å². The van der Waals surface area contributed by atoms with E-state index in [2.05, 4.69) is 10.3 Å². The number of ketones is 1. The summed E-state index contributed by atoms with van der Waals surface area (Å²) in [5, 5.41) is 3.60. The standard InChI is InChI=1S/C34H33ClF4N4O3S/c35-26-11-9-22(10-12-26)32(24-17-25(20-42-19-24)34(37,38)39)33(40)31(44)18-23-5-4-8-30(36)29(23)14-13-27-21-41-15-16-43(27)47(45,46)28-6-2-1-3-7-28/h1-12,17,19-20,27,32-33,41H,13-16,18,21,40H2/t27-,32-,33+/m0/s1. The van der Waals surface area contributed by atoms with Gasteiger partial charge in [-0.3, -0.25) is 9.78 Å². The number of aromatic nitrogens is 1. The average molecular weight is 689 g/mol. The van der Waals surface area contributed by atoms with Crippen molar-refractivity contribution in [3.05, 3.63) is 130 Å². The van der Waals surface area contributed by atoms with E-state index in [1.165, 1.54) is 34.8 Å². The molecule has 1 aromatic heterocycles. The van der Waals surface area contributed by atoms with E-state index in [-0.39, 0.29) is 41.8 Å². The molecule has 5 rings (SSSR count). The summed E-state index contributed by atoms with van der Waals surface area (Å²) < 4.78 is 84.3. The van der Waals surface area contributed by atoms with Gasteiger partial charge in [-0.15, -0.1) is 0 Å². The Morgan fingerprint density at radius 1 is 1.02 bits per heavy atom. The Balaban J connectivity index is 1.39. The summed E-state index contributed by atoms with van der Waals surface area (Å²) in [6.07, 6.45) is -2.61. The lowest BCUT2D eigenvalue weighted by Crippen LogP contribution is -2.53. The number of carbonyl (C=O) groups is 1. The molecule has 4 aromatic rings. The van der Waals surface area contributed by atoms with E-state index < -0.39 is 51.4 Å².